The first-order chi connectivity index (χ1) is 9.65. The summed E-state index contributed by atoms with van der Waals surface area (Å²) in [6.45, 7) is 0.565. The van der Waals surface area contributed by atoms with E-state index in [4.69, 9.17) is 17.4 Å². The van der Waals surface area contributed by atoms with Crippen LogP contribution >= 0.6 is 23.4 Å². The van der Waals surface area contributed by atoms with E-state index >= 15 is 0 Å². The molecular weight excluding hydrogens is 298 g/mol. The summed E-state index contributed by atoms with van der Waals surface area (Å²) in [5.74, 6) is 5.73. The third kappa shape index (κ3) is 4.43. The van der Waals surface area contributed by atoms with Crippen molar-refractivity contribution in [3.05, 3.63) is 41.2 Å². The number of nitrogens with two attached hydrogens (primary N) is 1. The van der Waals surface area contributed by atoms with Crippen molar-refractivity contribution in [1.82, 2.24) is 20.2 Å². The highest BCUT2D eigenvalue weighted by Crippen LogP contribution is 2.12. The van der Waals surface area contributed by atoms with E-state index in [1.165, 1.54) is 22.8 Å². The van der Waals surface area contributed by atoms with Gasteiger partial charge in [0.05, 0.1) is 5.75 Å². The molecule has 20 heavy (non-hydrogen) atoms. The second-order valence-corrected chi connectivity index (χ2v) is 5.42. The first-order valence-corrected chi connectivity index (χ1v) is 7.30. The lowest BCUT2D eigenvalue weighted by Crippen LogP contribution is -2.27. The standard InChI is InChI=1S/C12H14ClN5OS/c13-10-3-1-2-9(6-10)4-5-15-11(19)7-20-12-17-16-8-18(12)14/h1-3,6,8H,4-5,7,14H2,(H,15,19). The molecule has 0 aliphatic carbocycles. The third-order valence-electron chi connectivity index (χ3n) is 2.50. The molecule has 0 unspecified atom stereocenters. The first-order valence-electron chi connectivity index (χ1n) is 5.94. The van der Waals surface area contributed by atoms with E-state index in [1.807, 2.05) is 24.3 Å². The van der Waals surface area contributed by atoms with Gasteiger partial charge in [-0.05, 0) is 24.1 Å². The van der Waals surface area contributed by atoms with Crippen molar-refractivity contribution in [2.75, 3.05) is 18.1 Å². The SMILES string of the molecule is Nn1cnnc1SCC(=O)NCCc1cccc(Cl)c1. The van der Waals surface area contributed by atoms with Gasteiger partial charge in [-0.3, -0.25) is 4.79 Å². The van der Waals surface area contributed by atoms with E-state index in [2.05, 4.69) is 15.5 Å². The number of nitrogens with one attached hydrogen (secondary N) is 1. The van der Waals surface area contributed by atoms with Gasteiger partial charge in [0.25, 0.3) is 0 Å². The van der Waals surface area contributed by atoms with Crippen LogP contribution in [0.2, 0.25) is 5.02 Å². The molecular formula is C12H14ClN5OS. The van der Waals surface area contributed by atoms with Gasteiger partial charge in [-0.2, -0.15) is 0 Å². The molecule has 0 saturated heterocycles. The summed E-state index contributed by atoms with van der Waals surface area (Å²) in [5, 5.41) is 11.5. The molecule has 0 spiro atoms. The van der Waals surface area contributed by atoms with E-state index in [-0.39, 0.29) is 11.7 Å². The molecule has 0 atom stereocenters. The van der Waals surface area contributed by atoms with E-state index < -0.39 is 0 Å². The van der Waals surface area contributed by atoms with Crippen molar-refractivity contribution in [1.29, 1.82) is 0 Å². The minimum atomic E-state index is -0.0694. The van der Waals surface area contributed by atoms with Crippen LogP contribution in [0.5, 0.6) is 0 Å². The number of aromatic nitrogens is 3. The maximum Gasteiger partial charge on any atom is 0.230 e. The summed E-state index contributed by atoms with van der Waals surface area (Å²) in [5.41, 5.74) is 1.09. The quantitative estimate of drug-likeness (QED) is 0.616. The predicted molar refractivity (Wildman–Crippen MR) is 79.1 cm³/mol. The number of hydrogen-bond acceptors (Lipinski definition) is 5. The number of halogens is 1. The maximum absolute atomic E-state index is 11.7. The molecule has 0 fully saturated rings. The van der Waals surface area contributed by atoms with Crippen molar-refractivity contribution in [3.63, 3.8) is 0 Å². The molecule has 1 heterocycles. The Bertz CT molecular complexity index is 589. The lowest BCUT2D eigenvalue weighted by atomic mass is 10.1. The van der Waals surface area contributed by atoms with Gasteiger partial charge in [0.15, 0.2) is 0 Å². The van der Waals surface area contributed by atoms with Gasteiger partial charge in [-0.25, -0.2) is 4.68 Å². The Morgan fingerprint density at radius 2 is 2.35 bits per heavy atom. The van der Waals surface area contributed by atoms with Crippen LogP contribution < -0.4 is 11.2 Å². The van der Waals surface area contributed by atoms with Crippen LogP contribution in [-0.2, 0) is 11.2 Å². The van der Waals surface area contributed by atoms with Crippen molar-refractivity contribution < 1.29 is 4.79 Å². The number of carbonyl (C=O) groups is 1. The summed E-state index contributed by atoms with van der Waals surface area (Å²) >= 11 is 7.13. The molecule has 0 aliphatic heterocycles. The molecule has 0 saturated carbocycles. The van der Waals surface area contributed by atoms with Gasteiger partial charge < -0.3 is 11.2 Å². The number of hydrogen-bond donors (Lipinski definition) is 2. The molecule has 3 N–H and O–H groups in total. The average Bonchev–Trinajstić information content (AvgIpc) is 2.82. The van der Waals surface area contributed by atoms with Crippen LogP contribution in [-0.4, -0.2) is 33.1 Å². The zero-order chi connectivity index (χ0) is 14.4. The Morgan fingerprint density at radius 1 is 1.50 bits per heavy atom. The van der Waals surface area contributed by atoms with Crippen LogP contribution in [0.15, 0.2) is 35.7 Å². The van der Waals surface area contributed by atoms with Crippen LogP contribution in [0.25, 0.3) is 0 Å². The van der Waals surface area contributed by atoms with Gasteiger partial charge in [0, 0.05) is 11.6 Å². The van der Waals surface area contributed by atoms with Crippen molar-refractivity contribution >= 4 is 29.3 Å². The van der Waals surface area contributed by atoms with E-state index in [1.54, 1.807) is 0 Å². The average molecular weight is 312 g/mol. The monoisotopic (exact) mass is 311 g/mol. The topological polar surface area (TPSA) is 85.8 Å². The fraction of sp³-hybridized carbons (Fsp3) is 0.250. The molecule has 8 heteroatoms. The molecule has 1 aromatic heterocycles. The first kappa shape index (κ1) is 14.7. The van der Waals surface area contributed by atoms with Crippen molar-refractivity contribution in [2.45, 2.75) is 11.6 Å². The Hall–Kier alpha value is -1.73. The lowest BCUT2D eigenvalue weighted by molar-refractivity contribution is -0.118. The number of benzene rings is 1. The van der Waals surface area contributed by atoms with Gasteiger partial charge in [-0.15, -0.1) is 10.2 Å². The van der Waals surface area contributed by atoms with E-state index in [0.717, 1.165) is 12.0 Å². The molecule has 106 valence electrons. The molecule has 1 aromatic carbocycles. The molecule has 2 aromatic rings. The third-order valence-corrected chi connectivity index (χ3v) is 3.69. The molecule has 2 rings (SSSR count). The summed E-state index contributed by atoms with van der Waals surface area (Å²) < 4.78 is 1.28. The number of nitrogens with zero attached hydrogens (tertiary/aromatic N) is 3. The van der Waals surface area contributed by atoms with Gasteiger partial charge >= 0.3 is 0 Å². The molecule has 1 amide bonds. The van der Waals surface area contributed by atoms with Gasteiger partial charge in [0.2, 0.25) is 11.1 Å². The molecule has 6 nitrogen and oxygen atoms in total. The van der Waals surface area contributed by atoms with Crippen LogP contribution in [0.1, 0.15) is 5.56 Å². The number of nitrogen functional groups attached to an aromatic ring is 1. The smallest absolute Gasteiger partial charge is 0.230 e. The fourth-order valence-corrected chi connectivity index (χ4v) is 2.43. The minimum Gasteiger partial charge on any atom is -0.355 e. The molecule has 0 aliphatic rings. The summed E-state index contributed by atoms with van der Waals surface area (Å²) in [6, 6.07) is 7.58. The second-order valence-electron chi connectivity index (χ2n) is 4.04. The number of rotatable bonds is 6. The summed E-state index contributed by atoms with van der Waals surface area (Å²) in [7, 11) is 0. The van der Waals surface area contributed by atoms with Crippen LogP contribution in [0.4, 0.5) is 0 Å². The number of carbonyl (C=O) groups excluding carboxylic acids is 1. The Labute approximate surface area is 125 Å². The predicted octanol–water partition coefficient (Wildman–Crippen LogP) is 1.10. The normalized spacial score (nSPS) is 10.4. The molecule has 0 radical (unpaired) electrons. The zero-order valence-electron chi connectivity index (χ0n) is 10.6. The van der Waals surface area contributed by atoms with E-state index in [9.17, 15) is 4.79 Å². The van der Waals surface area contributed by atoms with Crippen LogP contribution in [0, 0.1) is 0 Å². The Balaban J connectivity index is 1.69. The highest BCUT2D eigenvalue weighted by Gasteiger charge is 2.06. The summed E-state index contributed by atoms with van der Waals surface area (Å²) in [4.78, 5) is 11.7. The van der Waals surface area contributed by atoms with Gasteiger partial charge in [0.1, 0.15) is 6.33 Å². The second kappa shape index (κ2) is 7.16. The fourth-order valence-electron chi connectivity index (χ4n) is 1.56. The van der Waals surface area contributed by atoms with E-state index in [0.29, 0.717) is 16.7 Å². The van der Waals surface area contributed by atoms with Gasteiger partial charge in [-0.1, -0.05) is 35.5 Å². The highest BCUT2D eigenvalue weighted by molar-refractivity contribution is 7.99. The Morgan fingerprint density at radius 3 is 3.05 bits per heavy atom. The molecule has 0 bridgehead atoms. The largest absolute Gasteiger partial charge is 0.355 e. The Kier molecular flexibility index (Phi) is 5.25. The number of thioether (sulfide) groups is 1. The zero-order valence-corrected chi connectivity index (χ0v) is 12.2. The van der Waals surface area contributed by atoms with Crippen molar-refractivity contribution in [2.24, 2.45) is 0 Å². The van der Waals surface area contributed by atoms with Crippen LogP contribution in [0.3, 0.4) is 0 Å². The summed E-state index contributed by atoms with van der Waals surface area (Å²) in [6.07, 6.45) is 2.13. The maximum atomic E-state index is 11.7. The number of amides is 1. The minimum absolute atomic E-state index is 0.0694. The van der Waals surface area contributed by atoms with Crippen molar-refractivity contribution in [3.8, 4) is 0 Å². The highest BCUT2D eigenvalue weighted by atomic mass is 35.5. The lowest BCUT2D eigenvalue weighted by Gasteiger charge is -2.05.